The van der Waals surface area contributed by atoms with Crippen LogP contribution in [-0.2, 0) is 0 Å². The molecule has 0 amide bonds. The largest absolute Gasteiger partial charge is 0.487 e. The van der Waals surface area contributed by atoms with Crippen LogP contribution in [0.2, 0.25) is 0 Å². The summed E-state index contributed by atoms with van der Waals surface area (Å²) in [7, 11) is 0. The molecule has 0 aliphatic heterocycles. The molecule has 1 heterocycles. The lowest BCUT2D eigenvalue weighted by Gasteiger charge is -2.23. The van der Waals surface area contributed by atoms with Gasteiger partial charge in [0.1, 0.15) is 11.4 Å². The minimum absolute atomic E-state index is 0.273. The van der Waals surface area contributed by atoms with Gasteiger partial charge in [-0.2, -0.15) is 0 Å². The van der Waals surface area contributed by atoms with Gasteiger partial charge in [-0.3, -0.25) is 0 Å². The summed E-state index contributed by atoms with van der Waals surface area (Å²) in [6.07, 6.45) is 0. The first-order chi connectivity index (χ1) is 17.3. The van der Waals surface area contributed by atoms with Crippen molar-refractivity contribution >= 4 is 75.3 Å². The topological polar surface area (TPSA) is 9.23 Å². The molecule has 0 bridgehead atoms. The van der Waals surface area contributed by atoms with Crippen molar-refractivity contribution in [2.45, 2.75) is 40.2 Å². The van der Waals surface area contributed by atoms with Crippen LogP contribution in [-0.4, -0.2) is 5.60 Å². The summed E-state index contributed by atoms with van der Waals surface area (Å²) < 4.78 is 7.99. The van der Waals surface area contributed by atoms with Gasteiger partial charge in [0.2, 0.25) is 0 Å². The van der Waals surface area contributed by atoms with Crippen molar-refractivity contribution in [3.05, 3.63) is 77.9 Å². The molecule has 0 radical (unpaired) electrons. The lowest BCUT2D eigenvalue weighted by molar-refractivity contribution is 0.133. The Bertz CT molecular complexity index is 2100. The molecule has 0 saturated carbocycles. The number of aryl methyl sites for hydroxylation is 2. The van der Waals surface area contributed by atoms with Gasteiger partial charge < -0.3 is 4.74 Å². The number of ether oxygens (including phenoxy) is 1. The third-order valence-corrected chi connectivity index (χ3v) is 9.04. The molecule has 0 aliphatic carbocycles. The van der Waals surface area contributed by atoms with Crippen molar-refractivity contribution in [1.82, 2.24) is 0 Å². The van der Waals surface area contributed by atoms with Crippen LogP contribution in [0.1, 0.15) is 31.9 Å². The van der Waals surface area contributed by atoms with Crippen LogP contribution >= 0.6 is 11.3 Å². The maximum absolute atomic E-state index is 6.63. The van der Waals surface area contributed by atoms with Gasteiger partial charge in [-0.25, -0.2) is 0 Å². The molecule has 0 unspecified atom stereocenters. The Labute approximate surface area is 213 Å². The molecule has 0 saturated heterocycles. The van der Waals surface area contributed by atoms with Crippen molar-refractivity contribution in [2.24, 2.45) is 0 Å². The molecular formula is C34H26OS. The fourth-order valence-corrected chi connectivity index (χ4v) is 7.56. The normalized spacial score (nSPS) is 13.1. The molecule has 0 spiro atoms. The quantitative estimate of drug-likeness (QED) is 0.223. The van der Waals surface area contributed by atoms with Crippen LogP contribution < -0.4 is 4.74 Å². The molecule has 0 fully saturated rings. The summed E-state index contributed by atoms with van der Waals surface area (Å²) >= 11 is 1.91. The molecular weight excluding hydrogens is 456 g/mol. The molecule has 8 rings (SSSR count). The Morgan fingerprint density at radius 1 is 0.611 bits per heavy atom. The second kappa shape index (κ2) is 6.57. The minimum Gasteiger partial charge on any atom is -0.487 e. The number of fused-ring (bicyclic) bond motifs is 3. The highest BCUT2D eigenvalue weighted by atomic mass is 32.1. The van der Waals surface area contributed by atoms with E-state index in [1.807, 2.05) is 11.3 Å². The smallest absolute Gasteiger partial charge is 0.128 e. The zero-order chi connectivity index (χ0) is 24.5. The molecule has 8 aromatic rings. The van der Waals surface area contributed by atoms with Crippen LogP contribution in [0.25, 0.3) is 74.4 Å². The number of benzene rings is 6. The molecule has 1 aromatic heterocycles. The van der Waals surface area contributed by atoms with Crippen molar-refractivity contribution in [1.29, 1.82) is 0 Å². The SMILES string of the molecule is Cc1ccc(-c2cc3c4cc(C)c5ccc6ccc7c(OC(C)(C)C)cc(c3s2)c2c7c6c5c42)cc1. The average molecular weight is 483 g/mol. The summed E-state index contributed by atoms with van der Waals surface area (Å²) in [6.45, 7) is 10.8. The Morgan fingerprint density at radius 3 is 2.03 bits per heavy atom. The summed E-state index contributed by atoms with van der Waals surface area (Å²) in [5.41, 5.74) is 3.65. The van der Waals surface area contributed by atoms with E-state index in [0.717, 1.165) is 5.75 Å². The third kappa shape index (κ3) is 2.55. The lowest BCUT2D eigenvalue weighted by atomic mass is 9.94. The summed E-state index contributed by atoms with van der Waals surface area (Å²) in [6, 6.07) is 25.2. The minimum atomic E-state index is -0.273. The fourth-order valence-electron chi connectivity index (χ4n) is 6.36. The van der Waals surface area contributed by atoms with Crippen molar-refractivity contribution < 1.29 is 4.74 Å². The van der Waals surface area contributed by atoms with E-state index < -0.39 is 0 Å². The van der Waals surface area contributed by atoms with Gasteiger partial charge in [-0.15, -0.1) is 11.3 Å². The van der Waals surface area contributed by atoms with Gasteiger partial charge in [-0.1, -0.05) is 54.1 Å². The van der Waals surface area contributed by atoms with E-state index in [0.29, 0.717) is 0 Å². The van der Waals surface area contributed by atoms with Gasteiger partial charge in [-0.05, 0) is 96.3 Å². The summed E-state index contributed by atoms with van der Waals surface area (Å²) in [4.78, 5) is 1.32. The zero-order valence-corrected chi connectivity index (χ0v) is 22.0. The number of hydrogen-bond acceptors (Lipinski definition) is 2. The van der Waals surface area contributed by atoms with E-state index in [4.69, 9.17) is 4.74 Å². The predicted octanol–water partition coefficient (Wildman–Crippen LogP) is 10.4. The summed E-state index contributed by atoms with van der Waals surface area (Å²) in [5.74, 6) is 0.986. The molecule has 7 aromatic carbocycles. The third-order valence-electron chi connectivity index (χ3n) is 7.82. The Hall–Kier alpha value is -3.62. The van der Waals surface area contributed by atoms with Gasteiger partial charge in [0, 0.05) is 36.5 Å². The van der Waals surface area contributed by atoms with Gasteiger partial charge in [0.15, 0.2) is 0 Å². The monoisotopic (exact) mass is 482 g/mol. The van der Waals surface area contributed by atoms with E-state index in [1.165, 1.54) is 85.5 Å². The maximum Gasteiger partial charge on any atom is 0.128 e. The highest BCUT2D eigenvalue weighted by Crippen LogP contribution is 2.55. The number of hydrogen-bond donors (Lipinski definition) is 0. The average Bonchev–Trinajstić information content (AvgIpc) is 3.43. The van der Waals surface area contributed by atoms with Crippen molar-refractivity contribution in [3.63, 3.8) is 0 Å². The van der Waals surface area contributed by atoms with Crippen LogP contribution in [0.5, 0.6) is 5.75 Å². The van der Waals surface area contributed by atoms with E-state index in [-0.39, 0.29) is 5.60 Å². The van der Waals surface area contributed by atoms with Crippen molar-refractivity contribution in [3.8, 4) is 16.2 Å². The van der Waals surface area contributed by atoms with E-state index in [9.17, 15) is 0 Å². The van der Waals surface area contributed by atoms with E-state index in [2.05, 4.69) is 101 Å². The molecule has 36 heavy (non-hydrogen) atoms. The van der Waals surface area contributed by atoms with Gasteiger partial charge in [0.05, 0.1) is 0 Å². The van der Waals surface area contributed by atoms with Crippen LogP contribution in [0.15, 0.2) is 66.7 Å². The van der Waals surface area contributed by atoms with E-state index >= 15 is 0 Å². The van der Waals surface area contributed by atoms with Crippen LogP contribution in [0, 0.1) is 13.8 Å². The van der Waals surface area contributed by atoms with Crippen LogP contribution in [0.3, 0.4) is 0 Å². The standard InChI is InChI=1S/C34H26OS/c1-17-6-8-19(9-7-17)27-16-24-23-14-18(2)21-12-10-20-11-13-22-26(35-34(3,4)5)15-25(33(24)36-27)32-30(22)28(20)29(21)31(23)32/h6-16H,1-5H3. The molecule has 0 aliphatic rings. The molecule has 174 valence electrons. The highest BCUT2D eigenvalue weighted by molar-refractivity contribution is 7.23. The van der Waals surface area contributed by atoms with Crippen LogP contribution in [0.4, 0.5) is 0 Å². The predicted molar refractivity (Wildman–Crippen MR) is 158 cm³/mol. The number of thiophene rings is 1. The highest BCUT2D eigenvalue weighted by Gasteiger charge is 2.27. The van der Waals surface area contributed by atoms with Gasteiger partial charge >= 0.3 is 0 Å². The second-order valence-electron chi connectivity index (χ2n) is 11.4. The first kappa shape index (κ1) is 20.6. The van der Waals surface area contributed by atoms with Crippen molar-refractivity contribution in [2.75, 3.05) is 0 Å². The number of rotatable bonds is 2. The molecule has 1 nitrogen and oxygen atoms in total. The summed E-state index contributed by atoms with van der Waals surface area (Å²) in [5, 5.41) is 15.0. The lowest BCUT2D eigenvalue weighted by Crippen LogP contribution is -2.23. The maximum atomic E-state index is 6.63. The fraction of sp³-hybridized carbons (Fsp3) is 0.176. The zero-order valence-electron chi connectivity index (χ0n) is 21.2. The molecule has 0 N–H and O–H groups in total. The molecule has 2 heteroatoms. The second-order valence-corrected chi connectivity index (χ2v) is 12.5. The Balaban J connectivity index is 1.64. The molecule has 0 atom stereocenters. The first-order valence-corrected chi connectivity index (χ1v) is 13.5. The first-order valence-electron chi connectivity index (χ1n) is 12.7. The Morgan fingerprint density at radius 2 is 1.28 bits per heavy atom. The van der Waals surface area contributed by atoms with Gasteiger partial charge in [0.25, 0.3) is 0 Å². The Kier molecular flexibility index (Phi) is 3.75. The van der Waals surface area contributed by atoms with E-state index in [1.54, 1.807) is 0 Å².